The Morgan fingerprint density at radius 3 is 2.54 bits per heavy atom. The molecule has 0 spiro atoms. The van der Waals surface area contributed by atoms with E-state index < -0.39 is 11.6 Å². The number of hydrazine groups is 1. The zero-order chi connectivity index (χ0) is 32.2. The van der Waals surface area contributed by atoms with Crippen LogP contribution in [-0.2, 0) is 16.1 Å². The molecule has 1 aliphatic heterocycles. The first-order valence-electron chi connectivity index (χ1n) is 15.7. The molecule has 5 rings (SSSR count). The number of hydrogen-bond acceptors (Lipinski definition) is 8. The molecule has 3 aromatic rings. The molecule has 0 radical (unpaired) electrons. The van der Waals surface area contributed by atoms with E-state index in [0.717, 1.165) is 24.0 Å². The summed E-state index contributed by atoms with van der Waals surface area (Å²) in [5.41, 5.74) is 16.9. The molecule has 1 heterocycles. The van der Waals surface area contributed by atoms with Crippen LogP contribution in [0, 0.1) is 0 Å². The number of aliphatic imine (C=N–C) groups is 1. The molecule has 240 valence electrons. The average molecular weight is 625 g/mol. The number of aliphatic hydroxyl groups excluding tert-OH is 2. The molecule has 1 saturated carbocycles. The van der Waals surface area contributed by atoms with Crippen LogP contribution in [0.4, 0.5) is 0 Å². The van der Waals surface area contributed by atoms with Crippen molar-refractivity contribution in [1.82, 2.24) is 10.9 Å². The summed E-state index contributed by atoms with van der Waals surface area (Å²) < 4.78 is 12.3. The number of aliphatic hydroxyl groups is 2. The Hall–Kier alpha value is -4.67. The highest BCUT2D eigenvalue weighted by molar-refractivity contribution is 6.01. The van der Waals surface area contributed by atoms with Crippen LogP contribution in [0.25, 0.3) is 16.5 Å². The van der Waals surface area contributed by atoms with Gasteiger partial charge in [-0.05, 0) is 72.2 Å². The minimum Gasteiger partial charge on any atom is -0.494 e. The summed E-state index contributed by atoms with van der Waals surface area (Å²) in [6.45, 7) is 0.523. The molecule has 0 saturated heterocycles. The van der Waals surface area contributed by atoms with Gasteiger partial charge in [0, 0.05) is 36.0 Å². The largest absolute Gasteiger partial charge is 0.494 e. The molecular weight excluding hydrogens is 584 g/mol. The summed E-state index contributed by atoms with van der Waals surface area (Å²) in [6, 6.07) is 24.6. The van der Waals surface area contributed by atoms with Crippen LogP contribution >= 0.6 is 0 Å². The van der Waals surface area contributed by atoms with E-state index in [1.54, 1.807) is 12.1 Å². The second kappa shape index (κ2) is 16.1. The first-order chi connectivity index (χ1) is 22.5. The number of azide groups is 1. The van der Waals surface area contributed by atoms with Gasteiger partial charge in [-0.25, -0.2) is 10.4 Å². The third-order valence-electron chi connectivity index (χ3n) is 8.30. The Labute approximate surface area is 268 Å². The molecule has 4 N–H and O–H groups in total. The van der Waals surface area contributed by atoms with Crippen molar-refractivity contribution in [2.24, 2.45) is 10.1 Å². The third kappa shape index (κ3) is 8.13. The maximum atomic E-state index is 14.4. The molecule has 11 nitrogen and oxygen atoms in total. The summed E-state index contributed by atoms with van der Waals surface area (Å²) >= 11 is 0. The lowest BCUT2D eigenvalue weighted by Crippen LogP contribution is -2.55. The molecule has 0 bridgehead atoms. The number of hydrogen-bond donors (Lipinski definition) is 4. The van der Waals surface area contributed by atoms with Crippen molar-refractivity contribution in [1.29, 1.82) is 0 Å². The monoisotopic (exact) mass is 624 g/mol. The normalized spacial score (nSPS) is 22.5. The van der Waals surface area contributed by atoms with Gasteiger partial charge in [0.05, 0.1) is 19.3 Å². The zero-order valence-corrected chi connectivity index (χ0v) is 25.7. The molecule has 2 aliphatic rings. The van der Waals surface area contributed by atoms with E-state index in [-0.39, 0.29) is 37.6 Å². The number of rotatable bonds is 14. The van der Waals surface area contributed by atoms with Crippen LogP contribution in [0.2, 0.25) is 0 Å². The predicted octanol–water partition coefficient (Wildman–Crippen LogP) is 5.54. The summed E-state index contributed by atoms with van der Waals surface area (Å²) in [5.74, 6) is 0.581. The van der Waals surface area contributed by atoms with Crippen LogP contribution in [-0.4, -0.2) is 52.9 Å². The van der Waals surface area contributed by atoms with Crippen molar-refractivity contribution >= 4 is 17.9 Å². The maximum Gasteiger partial charge on any atom is 0.266 e. The number of nitrogens with zero attached hydrogens (tertiary/aromatic N) is 4. The quantitative estimate of drug-likeness (QED) is 0.0605. The fourth-order valence-corrected chi connectivity index (χ4v) is 5.77. The molecule has 0 aromatic heterocycles. The Bertz CT molecular complexity index is 1550. The summed E-state index contributed by atoms with van der Waals surface area (Å²) in [7, 11) is 0. The minimum atomic E-state index is -1.43. The Balaban J connectivity index is 1.53. The number of carbonyl (C=O) groups is 1. The number of ether oxygens (including phenoxy) is 2. The van der Waals surface area contributed by atoms with Crippen LogP contribution in [0.3, 0.4) is 0 Å². The van der Waals surface area contributed by atoms with Gasteiger partial charge < -0.3 is 19.7 Å². The van der Waals surface area contributed by atoms with E-state index in [0.29, 0.717) is 48.6 Å². The van der Waals surface area contributed by atoms with Crippen molar-refractivity contribution < 1.29 is 24.5 Å². The van der Waals surface area contributed by atoms with E-state index >= 15 is 0 Å². The van der Waals surface area contributed by atoms with Gasteiger partial charge in [0.2, 0.25) is 5.90 Å². The molecule has 46 heavy (non-hydrogen) atoms. The molecule has 1 aliphatic carbocycles. The smallest absolute Gasteiger partial charge is 0.266 e. The molecule has 1 amide bonds. The summed E-state index contributed by atoms with van der Waals surface area (Å²) in [5, 5.41) is 22.8. The van der Waals surface area contributed by atoms with Gasteiger partial charge in [-0.15, -0.1) is 0 Å². The standard InChI is InChI=1S/C35H40N6O5/c36-41-37-24-27-11-4-5-12-31(27)32-35(21-6-10-25-8-2-1-3-9-25,34(44)40-39-28-15-17-29(43)18-16-28)38-33(46-32)26-13-19-30(20-14-26)45-23-7-22-42/h1-6,8-14,19-20,28-29,32,39,42-43H,7,15-18,21-24H2,(H,40,44)/b10-6+/t28?,29?,32-,35-/m0/s1. The van der Waals surface area contributed by atoms with Crippen LogP contribution in [0.5, 0.6) is 5.75 Å². The van der Waals surface area contributed by atoms with Gasteiger partial charge in [-0.3, -0.25) is 10.2 Å². The van der Waals surface area contributed by atoms with Crippen LogP contribution in [0.15, 0.2) is 95.0 Å². The maximum absolute atomic E-state index is 14.4. The Kier molecular flexibility index (Phi) is 11.4. The Morgan fingerprint density at radius 2 is 1.80 bits per heavy atom. The topological polar surface area (TPSA) is 161 Å². The second-order valence-electron chi connectivity index (χ2n) is 11.5. The average Bonchev–Trinajstić information content (AvgIpc) is 3.48. The van der Waals surface area contributed by atoms with Gasteiger partial charge in [-0.2, -0.15) is 0 Å². The van der Waals surface area contributed by atoms with Crippen molar-refractivity contribution in [2.45, 2.75) is 68.9 Å². The number of nitrogens with one attached hydrogen (secondary N) is 2. The van der Waals surface area contributed by atoms with Gasteiger partial charge in [0.15, 0.2) is 11.6 Å². The highest BCUT2D eigenvalue weighted by atomic mass is 16.5. The van der Waals surface area contributed by atoms with Crippen LogP contribution in [0.1, 0.15) is 66.9 Å². The number of carbonyl (C=O) groups excluding carboxylic acids is 1. The van der Waals surface area contributed by atoms with Crippen molar-refractivity contribution in [3.05, 3.63) is 118 Å². The fourth-order valence-electron chi connectivity index (χ4n) is 5.77. The van der Waals surface area contributed by atoms with Crippen molar-refractivity contribution in [3.8, 4) is 5.75 Å². The highest BCUT2D eigenvalue weighted by Crippen LogP contribution is 2.44. The van der Waals surface area contributed by atoms with Gasteiger partial charge in [-0.1, -0.05) is 71.9 Å². The van der Waals surface area contributed by atoms with Crippen LogP contribution < -0.4 is 15.6 Å². The molecule has 3 aromatic carbocycles. The molecule has 1 fully saturated rings. The second-order valence-corrected chi connectivity index (χ2v) is 11.5. The fraction of sp³-hybridized carbons (Fsp3) is 0.371. The van der Waals surface area contributed by atoms with E-state index in [2.05, 4.69) is 20.9 Å². The van der Waals surface area contributed by atoms with E-state index in [4.69, 9.17) is 25.1 Å². The molecule has 11 heteroatoms. The van der Waals surface area contributed by atoms with E-state index in [9.17, 15) is 9.90 Å². The summed E-state index contributed by atoms with van der Waals surface area (Å²) in [6.07, 6.45) is 6.27. The van der Waals surface area contributed by atoms with Gasteiger partial charge in [0.1, 0.15) is 5.75 Å². The lowest BCUT2D eigenvalue weighted by molar-refractivity contribution is -0.130. The number of benzene rings is 3. The molecular formula is C35H40N6O5. The van der Waals surface area contributed by atoms with Crippen molar-refractivity contribution in [2.75, 3.05) is 13.2 Å². The third-order valence-corrected chi connectivity index (χ3v) is 8.30. The SMILES string of the molecule is [N-]=[N+]=NCc1ccccc1[C@@H]1OC(c2ccc(OCCCO)cc2)=N[C@]1(C/C=C/c1ccccc1)C(=O)NNC1CCC(O)CC1. The van der Waals surface area contributed by atoms with Gasteiger partial charge >= 0.3 is 0 Å². The first kappa shape index (κ1) is 32.7. The lowest BCUT2D eigenvalue weighted by atomic mass is 9.82. The Morgan fingerprint density at radius 1 is 1.07 bits per heavy atom. The highest BCUT2D eigenvalue weighted by Gasteiger charge is 2.53. The first-order valence-corrected chi connectivity index (χ1v) is 15.7. The number of amides is 1. The zero-order valence-electron chi connectivity index (χ0n) is 25.7. The molecule has 2 atom stereocenters. The summed E-state index contributed by atoms with van der Waals surface area (Å²) in [4.78, 5) is 22.4. The van der Waals surface area contributed by atoms with Crippen molar-refractivity contribution in [3.63, 3.8) is 0 Å². The minimum absolute atomic E-state index is 0.0177. The van der Waals surface area contributed by atoms with E-state index in [1.165, 1.54) is 0 Å². The van der Waals surface area contributed by atoms with Gasteiger partial charge in [0.25, 0.3) is 5.91 Å². The van der Waals surface area contributed by atoms with E-state index in [1.807, 2.05) is 78.9 Å². The predicted molar refractivity (Wildman–Crippen MR) is 176 cm³/mol. The molecule has 0 unspecified atom stereocenters. The lowest BCUT2D eigenvalue weighted by Gasteiger charge is -2.32.